The van der Waals surface area contributed by atoms with Crippen LogP contribution >= 0.6 is 0 Å². The van der Waals surface area contributed by atoms with Gasteiger partial charge in [0, 0.05) is 12.7 Å². The van der Waals surface area contributed by atoms with E-state index in [0.717, 1.165) is 13.0 Å². The highest BCUT2D eigenvalue weighted by Crippen LogP contribution is 2.14. The van der Waals surface area contributed by atoms with Crippen LogP contribution < -0.4 is 5.32 Å². The van der Waals surface area contributed by atoms with E-state index in [9.17, 15) is 0 Å². The second-order valence-corrected chi connectivity index (χ2v) is 3.67. The lowest BCUT2D eigenvalue weighted by Gasteiger charge is -2.04. The lowest BCUT2D eigenvalue weighted by atomic mass is 10.0. The fraction of sp³-hybridized carbons (Fsp3) is 0.571. The van der Waals surface area contributed by atoms with Gasteiger partial charge in [-0.05, 0) is 31.8 Å². The highest BCUT2D eigenvalue weighted by Gasteiger charge is 1.95. The van der Waals surface area contributed by atoms with E-state index in [2.05, 4.69) is 38.7 Å². The lowest BCUT2D eigenvalue weighted by Crippen LogP contribution is -2.03. The van der Waals surface area contributed by atoms with E-state index in [1.165, 1.54) is 30.4 Å². The van der Waals surface area contributed by atoms with Crippen molar-refractivity contribution in [3.8, 4) is 0 Å². The minimum Gasteiger partial charge on any atom is -0.391 e. The number of nitrogens with one attached hydrogen (secondary N) is 1. The van der Waals surface area contributed by atoms with Crippen LogP contribution in [-0.4, -0.2) is 6.54 Å². The molecule has 0 saturated carbocycles. The summed E-state index contributed by atoms with van der Waals surface area (Å²) in [6.45, 7) is 11.3. The largest absolute Gasteiger partial charge is 0.391 e. The first kappa shape index (κ1) is 14.0. The smallest absolute Gasteiger partial charge is 0.0113 e. The minimum absolute atomic E-state index is 0.960. The summed E-state index contributed by atoms with van der Waals surface area (Å²) in [6, 6.07) is 0. The van der Waals surface area contributed by atoms with Gasteiger partial charge in [-0.1, -0.05) is 44.6 Å². The average molecular weight is 207 g/mol. The monoisotopic (exact) mass is 207 g/mol. The molecule has 0 radical (unpaired) electrons. The molecule has 0 aliphatic rings. The standard InChI is InChI=1S/C14H25N/c1-5-9-10-13(6-2)11-14(7-3)12-15-8-4/h7,11-12,15H,3,5-6,8-10H2,1-2,4H3/b13-11-,14-12-. The summed E-state index contributed by atoms with van der Waals surface area (Å²) in [4.78, 5) is 0. The molecular formula is C14H25N. The van der Waals surface area contributed by atoms with Crippen LogP contribution in [0.5, 0.6) is 0 Å². The maximum absolute atomic E-state index is 3.83. The van der Waals surface area contributed by atoms with Gasteiger partial charge in [0.2, 0.25) is 0 Å². The fourth-order valence-electron chi connectivity index (χ4n) is 1.37. The SMILES string of the molecule is C=CC(=C/NCC)/C=C(/CC)CCCC. The van der Waals surface area contributed by atoms with Crippen molar-refractivity contribution < 1.29 is 0 Å². The normalized spacial score (nSPS) is 12.7. The van der Waals surface area contributed by atoms with Crippen molar-refractivity contribution in [3.63, 3.8) is 0 Å². The van der Waals surface area contributed by atoms with Crippen molar-refractivity contribution in [1.82, 2.24) is 5.32 Å². The van der Waals surface area contributed by atoms with Gasteiger partial charge in [0.1, 0.15) is 0 Å². The Hall–Kier alpha value is -0.980. The highest BCUT2D eigenvalue weighted by atomic mass is 14.8. The zero-order chi connectivity index (χ0) is 11.5. The molecular weight excluding hydrogens is 182 g/mol. The van der Waals surface area contributed by atoms with Gasteiger partial charge in [0.05, 0.1) is 0 Å². The molecule has 1 nitrogen and oxygen atoms in total. The molecule has 0 aromatic rings. The molecule has 15 heavy (non-hydrogen) atoms. The Bertz CT molecular complexity index is 223. The van der Waals surface area contributed by atoms with E-state index in [1.807, 2.05) is 12.3 Å². The molecule has 1 N–H and O–H groups in total. The number of hydrogen-bond acceptors (Lipinski definition) is 1. The van der Waals surface area contributed by atoms with E-state index in [4.69, 9.17) is 0 Å². The van der Waals surface area contributed by atoms with Crippen LogP contribution in [0.2, 0.25) is 0 Å². The van der Waals surface area contributed by atoms with Gasteiger partial charge in [0.25, 0.3) is 0 Å². The quantitative estimate of drug-likeness (QED) is 0.588. The molecule has 0 spiro atoms. The molecule has 0 amide bonds. The topological polar surface area (TPSA) is 12.0 Å². The van der Waals surface area contributed by atoms with Crippen molar-refractivity contribution >= 4 is 0 Å². The number of unbranched alkanes of at least 4 members (excludes halogenated alkanes) is 1. The number of rotatable bonds is 8. The second-order valence-electron chi connectivity index (χ2n) is 3.67. The van der Waals surface area contributed by atoms with Gasteiger partial charge in [-0.15, -0.1) is 0 Å². The van der Waals surface area contributed by atoms with E-state index < -0.39 is 0 Å². The Kier molecular flexibility index (Phi) is 8.95. The second kappa shape index (κ2) is 9.57. The molecule has 0 saturated heterocycles. The molecule has 0 aromatic carbocycles. The van der Waals surface area contributed by atoms with E-state index in [1.54, 1.807) is 0 Å². The third-order valence-corrected chi connectivity index (χ3v) is 2.38. The van der Waals surface area contributed by atoms with Crippen LogP contribution in [0.1, 0.15) is 46.5 Å². The fourth-order valence-corrected chi connectivity index (χ4v) is 1.37. The van der Waals surface area contributed by atoms with Gasteiger partial charge in [-0.2, -0.15) is 0 Å². The molecule has 1 heteroatoms. The Morgan fingerprint density at radius 2 is 2.00 bits per heavy atom. The maximum atomic E-state index is 3.83. The van der Waals surface area contributed by atoms with Crippen LogP contribution in [0.3, 0.4) is 0 Å². The molecule has 0 aromatic heterocycles. The molecule has 0 rings (SSSR count). The van der Waals surface area contributed by atoms with Gasteiger partial charge < -0.3 is 5.32 Å². The first-order valence-electron chi connectivity index (χ1n) is 6.03. The van der Waals surface area contributed by atoms with Crippen molar-refractivity contribution in [2.45, 2.75) is 46.5 Å². The van der Waals surface area contributed by atoms with Crippen LogP contribution in [-0.2, 0) is 0 Å². The summed E-state index contributed by atoms with van der Waals surface area (Å²) in [5, 5.41) is 3.21. The van der Waals surface area contributed by atoms with Crippen LogP contribution in [0, 0.1) is 0 Å². The zero-order valence-electron chi connectivity index (χ0n) is 10.5. The first-order valence-corrected chi connectivity index (χ1v) is 6.03. The van der Waals surface area contributed by atoms with Crippen molar-refractivity contribution in [2.24, 2.45) is 0 Å². The molecule has 0 unspecified atom stereocenters. The summed E-state index contributed by atoms with van der Waals surface area (Å²) in [6.07, 6.45) is 11.1. The molecule has 0 bridgehead atoms. The van der Waals surface area contributed by atoms with Gasteiger partial charge in [-0.3, -0.25) is 0 Å². The van der Waals surface area contributed by atoms with E-state index in [-0.39, 0.29) is 0 Å². The third kappa shape index (κ3) is 7.01. The summed E-state index contributed by atoms with van der Waals surface area (Å²) in [5.74, 6) is 0. The summed E-state index contributed by atoms with van der Waals surface area (Å²) < 4.78 is 0. The number of hydrogen-bond donors (Lipinski definition) is 1. The first-order chi connectivity index (χ1) is 7.28. The van der Waals surface area contributed by atoms with Crippen LogP contribution in [0.4, 0.5) is 0 Å². The molecule has 0 aliphatic heterocycles. The summed E-state index contributed by atoms with van der Waals surface area (Å²) in [5.41, 5.74) is 2.70. The highest BCUT2D eigenvalue weighted by molar-refractivity contribution is 5.31. The molecule has 0 fully saturated rings. The Morgan fingerprint density at radius 1 is 1.27 bits per heavy atom. The Balaban J connectivity index is 4.40. The predicted octanol–water partition coefficient (Wildman–Crippen LogP) is 4.19. The lowest BCUT2D eigenvalue weighted by molar-refractivity contribution is 0.765. The van der Waals surface area contributed by atoms with Crippen molar-refractivity contribution in [2.75, 3.05) is 6.54 Å². The molecule has 0 atom stereocenters. The van der Waals surface area contributed by atoms with E-state index in [0.29, 0.717) is 0 Å². The zero-order valence-corrected chi connectivity index (χ0v) is 10.5. The average Bonchev–Trinajstić information content (AvgIpc) is 2.28. The van der Waals surface area contributed by atoms with Crippen molar-refractivity contribution in [1.29, 1.82) is 0 Å². The van der Waals surface area contributed by atoms with Gasteiger partial charge in [0.15, 0.2) is 0 Å². The summed E-state index contributed by atoms with van der Waals surface area (Å²) >= 11 is 0. The molecule has 0 heterocycles. The Labute approximate surface area is 95.0 Å². The maximum Gasteiger partial charge on any atom is 0.0113 e. The number of allylic oxidation sites excluding steroid dienone is 4. The third-order valence-electron chi connectivity index (χ3n) is 2.38. The van der Waals surface area contributed by atoms with Crippen molar-refractivity contribution in [3.05, 3.63) is 36.1 Å². The molecule has 86 valence electrons. The van der Waals surface area contributed by atoms with E-state index >= 15 is 0 Å². The van der Waals surface area contributed by atoms with Gasteiger partial charge in [-0.25, -0.2) is 0 Å². The summed E-state index contributed by atoms with van der Waals surface area (Å²) in [7, 11) is 0. The molecule has 0 aliphatic carbocycles. The van der Waals surface area contributed by atoms with Crippen LogP contribution in [0.25, 0.3) is 0 Å². The van der Waals surface area contributed by atoms with Gasteiger partial charge >= 0.3 is 0 Å². The van der Waals surface area contributed by atoms with Crippen LogP contribution in [0.15, 0.2) is 36.1 Å². The minimum atomic E-state index is 0.960. The predicted molar refractivity (Wildman–Crippen MR) is 69.9 cm³/mol. The Morgan fingerprint density at radius 3 is 2.47 bits per heavy atom.